The van der Waals surface area contributed by atoms with E-state index < -0.39 is 0 Å². The summed E-state index contributed by atoms with van der Waals surface area (Å²) in [5.74, 6) is -0.319. The largest absolute Gasteiger partial charge is 0.462 e. The molecule has 100 heavy (non-hydrogen) atoms. The smallest absolute Gasteiger partial charge is 0.306 e. The van der Waals surface area contributed by atoms with Crippen LogP contribution in [0.4, 0.5) is 0 Å². The molecule has 2 aliphatic rings. The summed E-state index contributed by atoms with van der Waals surface area (Å²) in [5.41, 5.74) is -0.137. The second-order valence-corrected chi connectivity index (χ2v) is 34.7. The van der Waals surface area contributed by atoms with Gasteiger partial charge in [0.15, 0.2) is 0 Å². The van der Waals surface area contributed by atoms with Crippen molar-refractivity contribution < 1.29 is 19.1 Å². The van der Waals surface area contributed by atoms with Gasteiger partial charge in [0.25, 0.3) is 0 Å². The average Bonchev–Trinajstić information content (AvgIpc) is 0.782. The van der Waals surface area contributed by atoms with E-state index in [-0.39, 0.29) is 59.1 Å². The Kier molecular flexibility index (Phi) is 63.8. The molecule has 0 amide bonds. The Morgan fingerprint density at radius 3 is 0.460 bits per heavy atom. The van der Waals surface area contributed by atoms with Gasteiger partial charge in [-0.15, -0.1) is 0 Å². The van der Waals surface area contributed by atoms with Crippen molar-refractivity contribution >= 4 is 11.9 Å². The molecule has 0 atom stereocenters. The lowest BCUT2D eigenvalue weighted by atomic mass is 9.69. The van der Waals surface area contributed by atoms with E-state index in [1.807, 2.05) is 0 Å². The van der Waals surface area contributed by atoms with Crippen molar-refractivity contribution in [3.63, 3.8) is 0 Å². The van der Waals surface area contributed by atoms with E-state index in [0.29, 0.717) is 0 Å². The second-order valence-electron chi connectivity index (χ2n) is 34.7. The molecule has 0 aromatic carbocycles. The zero-order valence-corrected chi connectivity index (χ0v) is 69.9. The Morgan fingerprint density at radius 2 is 0.330 bits per heavy atom. The monoisotopic (exact) mass is 1410 g/mol. The summed E-state index contributed by atoms with van der Waals surface area (Å²) < 4.78 is 14.0. The number of carbonyl (C=O) groups is 2. The Balaban J connectivity index is 2.60. The summed E-state index contributed by atoms with van der Waals surface area (Å²) in [6, 6.07) is 0. The number of unbranched alkanes of at least 4 members (excludes halogenated alkanes) is 56. The Morgan fingerprint density at radius 1 is 0.210 bits per heavy atom. The minimum atomic E-state index is -0.159. The van der Waals surface area contributed by atoms with Gasteiger partial charge in [0, 0.05) is 47.8 Å². The maximum absolute atomic E-state index is 14.9. The van der Waals surface area contributed by atoms with Gasteiger partial charge in [-0.05, 0) is 51.4 Å². The van der Waals surface area contributed by atoms with Crippen molar-refractivity contribution in [2.45, 2.75) is 591 Å². The first-order valence-electron chi connectivity index (χ1n) is 47.0. The average molecular weight is 1410 g/mol. The molecule has 0 bridgehead atoms. The molecule has 2 rings (SSSR count). The molecule has 0 radical (unpaired) electrons. The van der Waals surface area contributed by atoms with Crippen LogP contribution in [-0.4, -0.2) is 46.3 Å². The number of rotatable bonds is 77. The molecule has 2 aliphatic heterocycles. The van der Waals surface area contributed by atoms with Crippen LogP contribution in [0.25, 0.3) is 0 Å². The van der Waals surface area contributed by atoms with Crippen LogP contribution in [0.15, 0.2) is 0 Å². The molecule has 2 fully saturated rings. The maximum Gasteiger partial charge on any atom is 0.306 e. The van der Waals surface area contributed by atoms with Crippen molar-refractivity contribution in [3.05, 3.63) is 0 Å². The zero-order valence-electron chi connectivity index (χ0n) is 69.9. The van der Waals surface area contributed by atoms with Crippen LogP contribution in [-0.2, 0) is 19.1 Å². The van der Waals surface area contributed by atoms with E-state index in [9.17, 15) is 9.59 Å². The molecule has 2 N–H and O–H groups in total. The van der Waals surface area contributed by atoms with Gasteiger partial charge in [-0.25, -0.2) is 0 Å². The quantitative estimate of drug-likeness (QED) is 0.0467. The van der Waals surface area contributed by atoms with Gasteiger partial charge in [-0.1, -0.05) is 466 Å². The fraction of sp³-hybridized carbons (Fsp3) is 0.979. The normalized spacial score (nSPS) is 16.0. The standard InChI is InChI=1S/C94H184N2O4/c1-9-17-25-33-41-49-57-65-75-91(76-66-58-50-42-34-26-18-10-2)83-87(84-92(95-91,77-67-59-51-43-35-27-19-11-3)78-68-60-52-44-36-28-20-12-4)99-89(97)73-74-90(98)100-88-85-93(79-69-61-53-45-37-29-21-13-5,80-70-62-54-46-38-30-22-14-6)96-94(86-88,81-71-63-55-47-39-31-23-15-7)82-72-64-56-48-40-32-24-16-8/h87-88,95-96H,9-86H2,1-8H3. The summed E-state index contributed by atoms with van der Waals surface area (Å²) in [4.78, 5) is 29.8. The van der Waals surface area contributed by atoms with Crippen LogP contribution >= 0.6 is 0 Å². The highest BCUT2D eigenvalue weighted by molar-refractivity contribution is 5.77. The van der Waals surface area contributed by atoms with Crippen LogP contribution in [0.1, 0.15) is 556 Å². The Bertz CT molecular complexity index is 1440. The topological polar surface area (TPSA) is 76.7 Å². The first kappa shape index (κ1) is 94.9. The minimum Gasteiger partial charge on any atom is -0.462 e. The Labute approximate surface area is 628 Å². The van der Waals surface area contributed by atoms with Gasteiger partial charge < -0.3 is 20.1 Å². The highest BCUT2D eigenvalue weighted by Crippen LogP contribution is 2.45. The summed E-state index contributed by atoms with van der Waals surface area (Å²) in [5, 5.41) is 9.42. The number of hydrogen-bond acceptors (Lipinski definition) is 6. The molecule has 6 nitrogen and oxygen atoms in total. The molecular formula is C94H184N2O4. The summed E-state index contributed by atoms with van der Waals surface area (Å²) in [7, 11) is 0. The lowest BCUT2D eigenvalue weighted by Gasteiger charge is -2.53. The molecular weight excluding hydrogens is 1220 g/mol. The molecule has 594 valence electrons. The lowest BCUT2D eigenvalue weighted by Crippen LogP contribution is -2.65. The molecule has 2 heterocycles. The molecule has 0 spiro atoms. The van der Waals surface area contributed by atoms with Crippen LogP contribution in [0, 0.1) is 0 Å². The second kappa shape index (κ2) is 67.2. The minimum absolute atomic E-state index is 0.0343. The van der Waals surface area contributed by atoms with Crippen molar-refractivity contribution in [2.24, 2.45) is 0 Å². The Hall–Kier alpha value is -1.14. The van der Waals surface area contributed by atoms with Crippen LogP contribution < -0.4 is 10.6 Å². The van der Waals surface area contributed by atoms with Gasteiger partial charge in [0.2, 0.25) is 0 Å². The highest BCUT2D eigenvalue weighted by atomic mass is 16.6. The lowest BCUT2D eigenvalue weighted by molar-refractivity contribution is -0.162. The fourth-order valence-corrected chi connectivity index (χ4v) is 18.7. The predicted molar refractivity (Wildman–Crippen MR) is 442 cm³/mol. The van der Waals surface area contributed by atoms with Crippen molar-refractivity contribution in [2.75, 3.05) is 0 Å². The number of carbonyl (C=O) groups excluding carboxylic acids is 2. The molecule has 0 aliphatic carbocycles. The summed E-state index contributed by atoms with van der Waals surface area (Å²) >= 11 is 0. The van der Waals surface area contributed by atoms with E-state index >= 15 is 0 Å². The van der Waals surface area contributed by atoms with E-state index in [2.05, 4.69) is 55.4 Å². The fourth-order valence-electron chi connectivity index (χ4n) is 18.7. The third-order valence-corrected chi connectivity index (χ3v) is 24.7. The molecule has 0 aromatic rings. The number of ether oxygens (including phenoxy) is 2. The number of piperidine rings is 2. The first-order valence-corrected chi connectivity index (χ1v) is 47.0. The van der Waals surface area contributed by atoms with Gasteiger partial charge in [-0.2, -0.15) is 0 Å². The number of esters is 2. The van der Waals surface area contributed by atoms with Gasteiger partial charge in [-0.3, -0.25) is 9.59 Å². The molecule has 0 unspecified atom stereocenters. The van der Waals surface area contributed by atoms with Crippen molar-refractivity contribution in [1.82, 2.24) is 10.6 Å². The summed E-state index contributed by atoms with van der Waals surface area (Å²) in [6.07, 6.45) is 98.6. The first-order chi connectivity index (χ1) is 49.1. The van der Waals surface area contributed by atoms with Crippen LogP contribution in [0.2, 0.25) is 0 Å². The predicted octanol–water partition coefficient (Wildman–Crippen LogP) is 31.6. The van der Waals surface area contributed by atoms with Crippen LogP contribution in [0.3, 0.4) is 0 Å². The van der Waals surface area contributed by atoms with Gasteiger partial charge >= 0.3 is 11.9 Å². The van der Waals surface area contributed by atoms with E-state index in [0.717, 1.165) is 25.7 Å². The third-order valence-electron chi connectivity index (χ3n) is 24.7. The number of hydrogen-bond donors (Lipinski definition) is 2. The zero-order chi connectivity index (χ0) is 72.3. The summed E-state index contributed by atoms with van der Waals surface area (Å²) in [6.45, 7) is 18.7. The van der Waals surface area contributed by atoms with Gasteiger partial charge in [0.1, 0.15) is 12.2 Å². The van der Waals surface area contributed by atoms with Crippen molar-refractivity contribution in [3.8, 4) is 0 Å². The molecule has 0 aromatic heterocycles. The molecule has 6 heteroatoms. The van der Waals surface area contributed by atoms with Crippen LogP contribution in [0.5, 0.6) is 0 Å². The highest BCUT2D eigenvalue weighted by Gasteiger charge is 2.49. The SMILES string of the molecule is CCCCCCCCCCC1(CCCCCCCCCC)CC(OC(=O)CCC(=O)OC2CC(CCCCCCCCCC)(CCCCCCCCCC)NC(CCCCCCCCCC)(CCCCCCCCCC)C2)CC(CCCCCCCCCC)(CCCCCCCCCC)N1. The maximum atomic E-state index is 14.9. The number of nitrogens with one attached hydrogen (secondary N) is 2. The van der Waals surface area contributed by atoms with E-state index in [4.69, 9.17) is 20.1 Å². The van der Waals surface area contributed by atoms with Crippen molar-refractivity contribution in [1.29, 1.82) is 0 Å². The third kappa shape index (κ3) is 51.2. The van der Waals surface area contributed by atoms with E-state index in [1.165, 1.54) is 462 Å². The van der Waals surface area contributed by atoms with Gasteiger partial charge in [0.05, 0.1) is 12.8 Å². The molecule has 2 saturated heterocycles. The molecule has 0 saturated carbocycles. The van der Waals surface area contributed by atoms with E-state index in [1.54, 1.807) is 0 Å².